The lowest BCUT2D eigenvalue weighted by molar-refractivity contribution is -0.143. The smallest absolute Gasteiger partial charge is 0.307 e. The van der Waals surface area contributed by atoms with Crippen LogP contribution in [-0.2, 0) is 14.4 Å². The van der Waals surface area contributed by atoms with E-state index in [1.54, 1.807) is 6.08 Å². The van der Waals surface area contributed by atoms with Crippen LogP contribution < -0.4 is 0 Å². The Morgan fingerprint density at radius 1 is 0.767 bits per heavy atom. The lowest BCUT2D eigenvalue weighted by Gasteiger charge is -2.07. The Balaban J connectivity index is -0.000000364. The van der Waals surface area contributed by atoms with Crippen molar-refractivity contribution in [3.05, 3.63) is 12.7 Å². The van der Waals surface area contributed by atoms with Gasteiger partial charge in [0.1, 0.15) is 0 Å². The third kappa shape index (κ3) is 20.4. The zero-order valence-electron chi connectivity index (χ0n) is 19.2. The molecule has 0 spiro atoms. The summed E-state index contributed by atoms with van der Waals surface area (Å²) in [5.41, 5.74) is 0. The molecule has 2 atom stereocenters. The molecule has 2 unspecified atom stereocenters. The van der Waals surface area contributed by atoms with Gasteiger partial charge >= 0.3 is 17.9 Å². The number of hydrogen-bond acceptors (Lipinski definition) is 3. The molecule has 0 saturated carbocycles. The van der Waals surface area contributed by atoms with E-state index in [0.29, 0.717) is 19.3 Å². The Kier molecular flexibility index (Phi) is 24.8. The van der Waals surface area contributed by atoms with Gasteiger partial charge in [0.05, 0.1) is 17.8 Å². The molecule has 0 bridgehead atoms. The van der Waals surface area contributed by atoms with Crippen LogP contribution in [0.3, 0.4) is 0 Å². The van der Waals surface area contributed by atoms with Crippen LogP contribution in [0.15, 0.2) is 12.7 Å². The van der Waals surface area contributed by atoms with Crippen LogP contribution in [0.5, 0.6) is 0 Å². The lowest BCUT2D eigenvalue weighted by atomic mass is 9.99. The number of aliphatic carboxylic acids is 3. The quantitative estimate of drug-likeness (QED) is 0.237. The Bertz CT molecular complexity index is 500. The number of allylic oxidation sites excluding steroid dienone is 1. The van der Waals surface area contributed by atoms with Crippen molar-refractivity contribution in [2.75, 3.05) is 0 Å². The van der Waals surface area contributed by atoms with Gasteiger partial charge in [0.25, 0.3) is 0 Å². The summed E-state index contributed by atoms with van der Waals surface area (Å²) in [6.07, 6.45) is 14.4. The van der Waals surface area contributed by atoms with Gasteiger partial charge in [-0.2, -0.15) is 0 Å². The maximum Gasteiger partial charge on any atom is 0.307 e. The number of hydrogen-bond donors (Lipinski definition) is 3. The van der Waals surface area contributed by atoms with Crippen LogP contribution >= 0.6 is 0 Å². The van der Waals surface area contributed by atoms with Crippen LogP contribution in [0.2, 0.25) is 0 Å². The highest BCUT2D eigenvalue weighted by Crippen LogP contribution is 2.13. The summed E-state index contributed by atoms with van der Waals surface area (Å²) >= 11 is 0. The average molecular weight is 427 g/mol. The fraction of sp³-hybridized carbons (Fsp3) is 0.708. The lowest BCUT2D eigenvalue weighted by Crippen LogP contribution is -2.12. The minimum atomic E-state index is -0.778. The Labute approximate surface area is 182 Å². The summed E-state index contributed by atoms with van der Waals surface area (Å²) in [7, 11) is 0. The van der Waals surface area contributed by atoms with Crippen LogP contribution in [0.25, 0.3) is 0 Å². The maximum atomic E-state index is 10.5. The fourth-order valence-electron chi connectivity index (χ4n) is 2.78. The van der Waals surface area contributed by atoms with Gasteiger partial charge in [-0.3, -0.25) is 14.4 Å². The molecule has 6 heteroatoms. The second-order valence-electron chi connectivity index (χ2n) is 7.19. The van der Waals surface area contributed by atoms with Gasteiger partial charge in [-0.05, 0) is 32.1 Å². The second kappa shape index (κ2) is 23.0. The first-order valence-electron chi connectivity index (χ1n) is 10.9. The summed E-state index contributed by atoms with van der Waals surface area (Å²) in [6.45, 7) is 11.5. The van der Waals surface area contributed by atoms with E-state index in [4.69, 9.17) is 21.7 Å². The third-order valence-corrected chi connectivity index (χ3v) is 4.41. The van der Waals surface area contributed by atoms with Crippen molar-refractivity contribution in [2.45, 2.75) is 91.9 Å². The fourth-order valence-corrected chi connectivity index (χ4v) is 2.78. The van der Waals surface area contributed by atoms with E-state index in [-0.39, 0.29) is 17.8 Å². The first kappa shape index (κ1) is 32.4. The van der Waals surface area contributed by atoms with Gasteiger partial charge in [-0.25, -0.2) is 0 Å². The average Bonchev–Trinajstić information content (AvgIpc) is 2.68. The van der Waals surface area contributed by atoms with E-state index in [1.165, 1.54) is 0 Å². The van der Waals surface area contributed by atoms with Crippen molar-refractivity contribution < 1.29 is 29.7 Å². The number of rotatable bonds is 14. The maximum absolute atomic E-state index is 10.5. The standard InChI is InChI=1S/C8H16O2.C8H14O2.C8H12O2/c3*1-3-5-7(6-4-2)8(9)10/h7H,3-6H2,1-2H3,(H,9,10);3,7H,1,4-6H2,2H3,(H,9,10);1,7H,4-6H2,2H3,(H,9,10). The molecular weight excluding hydrogens is 384 g/mol. The van der Waals surface area contributed by atoms with E-state index in [1.807, 2.05) is 27.7 Å². The van der Waals surface area contributed by atoms with Crippen molar-refractivity contribution in [3.8, 4) is 12.3 Å². The second-order valence-corrected chi connectivity index (χ2v) is 7.19. The van der Waals surface area contributed by atoms with E-state index >= 15 is 0 Å². The molecule has 0 aliphatic rings. The van der Waals surface area contributed by atoms with Crippen LogP contribution in [-0.4, -0.2) is 33.2 Å². The molecular formula is C24H42O6. The van der Waals surface area contributed by atoms with E-state index in [9.17, 15) is 14.4 Å². The number of carboxylic acids is 3. The normalized spacial score (nSPS) is 11.6. The summed E-state index contributed by atoms with van der Waals surface area (Å²) in [4.78, 5) is 31.3. The molecule has 0 aromatic rings. The molecule has 0 amide bonds. The Hall–Kier alpha value is -2.29. The van der Waals surface area contributed by atoms with Crippen LogP contribution in [0.1, 0.15) is 91.9 Å². The molecule has 30 heavy (non-hydrogen) atoms. The number of terminal acetylenes is 1. The van der Waals surface area contributed by atoms with E-state index < -0.39 is 17.9 Å². The number of carbonyl (C=O) groups is 3. The number of carboxylic acid groups (broad SMARTS) is 3. The highest BCUT2D eigenvalue weighted by molar-refractivity contribution is 5.70. The highest BCUT2D eigenvalue weighted by Gasteiger charge is 2.15. The predicted octanol–water partition coefficient (Wildman–Crippen LogP) is 5.86. The zero-order chi connectivity index (χ0) is 23.9. The van der Waals surface area contributed by atoms with Gasteiger partial charge in [0, 0.05) is 6.42 Å². The van der Waals surface area contributed by atoms with Gasteiger partial charge in [-0.15, -0.1) is 18.9 Å². The molecule has 6 nitrogen and oxygen atoms in total. The largest absolute Gasteiger partial charge is 0.481 e. The molecule has 0 aliphatic heterocycles. The summed E-state index contributed by atoms with van der Waals surface area (Å²) in [5, 5.41) is 25.8. The van der Waals surface area contributed by atoms with Crippen molar-refractivity contribution >= 4 is 17.9 Å². The first-order chi connectivity index (χ1) is 14.2. The first-order valence-corrected chi connectivity index (χ1v) is 10.9. The highest BCUT2D eigenvalue weighted by atomic mass is 16.4. The summed E-state index contributed by atoms with van der Waals surface area (Å²) in [6, 6.07) is 0. The van der Waals surface area contributed by atoms with Crippen LogP contribution in [0.4, 0.5) is 0 Å². The SMILES string of the molecule is C#CCC(CCC)C(=O)O.C=CCC(CCC)C(=O)O.CCCC(CCC)C(=O)O. The van der Waals surface area contributed by atoms with Gasteiger partial charge < -0.3 is 15.3 Å². The minimum absolute atomic E-state index is 0.102. The van der Waals surface area contributed by atoms with Crippen molar-refractivity contribution in [1.29, 1.82) is 0 Å². The molecule has 0 aliphatic carbocycles. The van der Waals surface area contributed by atoms with Crippen molar-refractivity contribution in [2.24, 2.45) is 17.8 Å². The molecule has 0 radical (unpaired) electrons. The molecule has 0 saturated heterocycles. The third-order valence-electron chi connectivity index (χ3n) is 4.41. The van der Waals surface area contributed by atoms with Gasteiger partial charge in [0.2, 0.25) is 0 Å². The Morgan fingerprint density at radius 2 is 1.10 bits per heavy atom. The van der Waals surface area contributed by atoms with Crippen molar-refractivity contribution in [3.63, 3.8) is 0 Å². The topological polar surface area (TPSA) is 112 Å². The zero-order valence-corrected chi connectivity index (χ0v) is 19.2. The Morgan fingerprint density at radius 3 is 1.37 bits per heavy atom. The molecule has 3 N–H and O–H groups in total. The molecule has 0 aromatic heterocycles. The summed E-state index contributed by atoms with van der Waals surface area (Å²) in [5.74, 6) is -0.427. The predicted molar refractivity (Wildman–Crippen MR) is 121 cm³/mol. The van der Waals surface area contributed by atoms with Gasteiger partial charge in [0.15, 0.2) is 0 Å². The van der Waals surface area contributed by atoms with E-state index in [2.05, 4.69) is 12.5 Å². The minimum Gasteiger partial charge on any atom is -0.481 e. The molecule has 0 fully saturated rings. The molecule has 0 rings (SSSR count). The molecule has 174 valence electrons. The van der Waals surface area contributed by atoms with Crippen LogP contribution in [0, 0.1) is 30.1 Å². The molecule has 0 aromatic carbocycles. The summed E-state index contributed by atoms with van der Waals surface area (Å²) < 4.78 is 0. The van der Waals surface area contributed by atoms with Crippen molar-refractivity contribution in [1.82, 2.24) is 0 Å². The van der Waals surface area contributed by atoms with E-state index in [0.717, 1.165) is 44.9 Å². The molecule has 0 heterocycles. The monoisotopic (exact) mass is 426 g/mol. The van der Waals surface area contributed by atoms with Gasteiger partial charge in [-0.1, -0.05) is 59.5 Å².